The van der Waals surface area contributed by atoms with Crippen LogP contribution in [0.25, 0.3) is 0 Å². The van der Waals surface area contributed by atoms with Crippen LogP contribution in [0.4, 0.5) is 0 Å². The maximum atomic E-state index is 14.0. The molecule has 0 spiro atoms. The molecule has 0 aromatic heterocycles. The standard InChI is InChI=1S/C44H79N13O11/c1-12-17-29(42(67)56(11)26(7)37(62)50-30(18-15-20-48-44(45)46)43(68)57-21-16-19-31(57)38(63)47-14-3)51-41(66)36(27(8)58)54-40(65)35(25(6)13-2)53-39(64)34(24(4)5)52-32(60)22-49-33(61)23-55(10)28(9)59/h24-27,29-31,34-36,58H,12-23H2,1-11H3,(H,47,63)(H,49,61)(H,50,62)(H,51,66)(H,52,60)(H,53,64)(H,54,65)(H4,45,46,48)/t25?,26-,27?,29+,30+,31+,34+,35-,36+/m1/s1. The molecule has 68 heavy (non-hydrogen) atoms. The number of guanidine groups is 1. The van der Waals surface area contributed by atoms with Crippen molar-refractivity contribution >= 4 is 65.0 Å². The average molecular weight is 966 g/mol. The number of hydrogen-bond donors (Lipinski definition) is 10. The Kier molecular flexibility index (Phi) is 26.1. The van der Waals surface area contributed by atoms with E-state index in [2.05, 4.69) is 42.2 Å². The van der Waals surface area contributed by atoms with E-state index in [1.807, 2.05) is 0 Å². The number of aliphatic hydroxyl groups is 1. The third-order valence-corrected chi connectivity index (χ3v) is 11.7. The van der Waals surface area contributed by atoms with E-state index in [1.54, 1.807) is 41.5 Å². The Bertz CT molecular complexity index is 1790. The first-order valence-electron chi connectivity index (χ1n) is 23.4. The van der Waals surface area contributed by atoms with Gasteiger partial charge in [-0.3, -0.25) is 52.9 Å². The van der Waals surface area contributed by atoms with Gasteiger partial charge in [0.05, 0.1) is 19.2 Å². The number of amides is 10. The maximum absolute atomic E-state index is 14.0. The minimum Gasteiger partial charge on any atom is -0.391 e. The van der Waals surface area contributed by atoms with Crippen LogP contribution in [0.1, 0.15) is 107 Å². The molecule has 1 fully saturated rings. The van der Waals surface area contributed by atoms with E-state index in [0.29, 0.717) is 45.2 Å². The summed E-state index contributed by atoms with van der Waals surface area (Å²) in [7, 11) is 2.78. The van der Waals surface area contributed by atoms with Crippen LogP contribution in [0, 0.1) is 11.8 Å². The van der Waals surface area contributed by atoms with Gasteiger partial charge < -0.3 is 68.5 Å². The zero-order chi connectivity index (χ0) is 52.0. The second kappa shape index (κ2) is 29.6. The third kappa shape index (κ3) is 19.3. The van der Waals surface area contributed by atoms with Gasteiger partial charge in [0.25, 0.3) is 0 Å². The van der Waals surface area contributed by atoms with Crippen molar-refractivity contribution in [3.8, 4) is 0 Å². The van der Waals surface area contributed by atoms with Gasteiger partial charge in [0.15, 0.2) is 5.96 Å². The highest BCUT2D eigenvalue weighted by atomic mass is 16.3. The van der Waals surface area contributed by atoms with E-state index < -0.39 is 114 Å². The molecule has 24 nitrogen and oxygen atoms in total. The van der Waals surface area contributed by atoms with Crippen LogP contribution in [-0.4, -0.2) is 180 Å². The molecule has 0 aromatic carbocycles. The number of aliphatic hydroxyl groups excluding tert-OH is 1. The monoisotopic (exact) mass is 966 g/mol. The Morgan fingerprint density at radius 2 is 1.34 bits per heavy atom. The number of hydrogen-bond acceptors (Lipinski definition) is 12. The molecule has 0 aliphatic carbocycles. The molecule has 10 amide bonds. The van der Waals surface area contributed by atoms with Crippen molar-refractivity contribution in [2.75, 3.05) is 46.8 Å². The molecular formula is C44H79N13O11. The first-order valence-corrected chi connectivity index (χ1v) is 23.4. The van der Waals surface area contributed by atoms with Gasteiger partial charge in [-0.05, 0) is 64.7 Å². The number of likely N-dealkylation sites (N-methyl/N-ethyl adjacent to an activating group) is 3. The van der Waals surface area contributed by atoms with E-state index in [0.717, 1.165) is 9.80 Å². The summed E-state index contributed by atoms with van der Waals surface area (Å²) in [5.41, 5.74) is 10.9. The maximum Gasteiger partial charge on any atom is 0.245 e. The van der Waals surface area contributed by atoms with Crippen LogP contribution in [0.15, 0.2) is 4.99 Å². The lowest BCUT2D eigenvalue weighted by Gasteiger charge is -2.33. The number of nitrogens with one attached hydrogen (secondary N) is 7. The molecule has 24 heteroatoms. The summed E-state index contributed by atoms with van der Waals surface area (Å²) in [4.78, 5) is 140. The second-order valence-corrected chi connectivity index (χ2v) is 17.6. The Hall–Kier alpha value is -6.07. The van der Waals surface area contributed by atoms with Crippen molar-refractivity contribution in [1.82, 2.24) is 51.9 Å². The molecule has 2 unspecified atom stereocenters. The lowest BCUT2D eigenvalue weighted by atomic mass is 9.96. The summed E-state index contributed by atoms with van der Waals surface area (Å²) in [6, 6.07) is -8.24. The number of carbonyl (C=O) groups is 10. The number of likely N-dealkylation sites (tertiary alicyclic amines) is 1. The van der Waals surface area contributed by atoms with Gasteiger partial charge in [-0.15, -0.1) is 0 Å². The minimum atomic E-state index is -1.62. The second-order valence-electron chi connectivity index (χ2n) is 17.6. The van der Waals surface area contributed by atoms with Gasteiger partial charge in [0.2, 0.25) is 59.1 Å². The molecule has 0 aromatic rings. The average Bonchev–Trinajstić information content (AvgIpc) is 3.78. The van der Waals surface area contributed by atoms with Crippen LogP contribution in [0.5, 0.6) is 0 Å². The summed E-state index contributed by atoms with van der Waals surface area (Å²) in [5.74, 6) is -7.43. The van der Waals surface area contributed by atoms with Gasteiger partial charge in [-0.2, -0.15) is 0 Å². The van der Waals surface area contributed by atoms with Crippen molar-refractivity contribution in [3.05, 3.63) is 0 Å². The smallest absolute Gasteiger partial charge is 0.245 e. The van der Waals surface area contributed by atoms with Crippen LogP contribution in [0.3, 0.4) is 0 Å². The fourth-order valence-corrected chi connectivity index (χ4v) is 7.18. The molecule has 0 saturated carbocycles. The SMILES string of the molecule is CCC[C@H](NC(=O)[C@@H](NC(=O)[C@H](NC(=O)[C@@H](NC(=O)CNC(=O)CN(C)C(C)=O)C(C)C)C(C)CC)C(C)O)C(=O)N(C)[C@H](C)C(=O)N[C@@H](CCCN=C(N)N)C(=O)N1CCC[C@H]1C(=O)NCC. The summed E-state index contributed by atoms with van der Waals surface area (Å²) in [5, 5.41) is 29.0. The number of nitrogens with two attached hydrogens (primary N) is 2. The minimum absolute atomic E-state index is 0.0960. The van der Waals surface area contributed by atoms with Gasteiger partial charge in [-0.1, -0.05) is 47.5 Å². The quantitative estimate of drug-likeness (QED) is 0.0212. The van der Waals surface area contributed by atoms with E-state index in [4.69, 9.17) is 11.5 Å². The number of aliphatic imine (C=N–C) groups is 1. The summed E-state index contributed by atoms with van der Waals surface area (Å²) >= 11 is 0. The van der Waals surface area contributed by atoms with Crippen molar-refractivity contribution < 1.29 is 53.1 Å². The molecule has 1 heterocycles. The molecule has 12 N–H and O–H groups in total. The Morgan fingerprint density at radius 1 is 0.750 bits per heavy atom. The molecular weight excluding hydrogens is 887 g/mol. The van der Waals surface area contributed by atoms with Crippen LogP contribution < -0.4 is 48.7 Å². The van der Waals surface area contributed by atoms with E-state index in [1.165, 1.54) is 39.8 Å². The first-order chi connectivity index (χ1) is 31.8. The zero-order valence-electron chi connectivity index (χ0n) is 41.7. The lowest BCUT2D eigenvalue weighted by Crippen LogP contribution is -2.62. The topological polar surface area (TPSA) is 349 Å². The normalized spacial score (nSPS) is 16.8. The number of rotatable bonds is 28. The zero-order valence-corrected chi connectivity index (χ0v) is 41.7. The van der Waals surface area contributed by atoms with E-state index in [9.17, 15) is 53.1 Å². The molecule has 1 saturated heterocycles. The Morgan fingerprint density at radius 3 is 1.88 bits per heavy atom. The third-order valence-electron chi connectivity index (χ3n) is 11.7. The largest absolute Gasteiger partial charge is 0.391 e. The fourth-order valence-electron chi connectivity index (χ4n) is 7.18. The predicted molar refractivity (Wildman–Crippen MR) is 252 cm³/mol. The number of nitrogens with zero attached hydrogens (tertiary/aromatic N) is 4. The highest BCUT2D eigenvalue weighted by Crippen LogP contribution is 2.20. The molecule has 1 aliphatic heterocycles. The van der Waals surface area contributed by atoms with Crippen molar-refractivity contribution in [1.29, 1.82) is 0 Å². The highest BCUT2D eigenvalue weighted by molar-refractivity contribution is 5.98. The van der Waals surface area contributed by atoms with E-state index in [-0.39, 0.29) is 43.7 Å². The van der Waals surface area contributed by atoms with Gasteiger partial charge in [0, 0.05) is 40.7 Å². The predicted octanol–water partition coefficient (Wildman–Crippen LogP) is -3.08. The number of carbonyl (C=O) groups excluding carboxylic acids is 10. The van der Waals surface area contributed by atoms with Gasteiger partial charge >= 0.3 is 0 Å². The van der Waals surface area contributed by atoms with Gasteiger partial charge in [-0.25, -0.2) is 0 Å². The summed E-state index contributed by atoms with van der Waals surface area (Å²) < 4.78 is 0. The first kappa shape index (κ1) is 59.9. The Labute approximate surface area is 400 Å². The van der Waals surface area contributed by atoms with Crippen LogP contribution in [-0.2, 0) is 47.9 Å². The molecule has 9 atom stereocenters. The van der Waals surface area contributed by atoms with E-state index >= 15 is 0 Å². The molecule has 0 bridgehead atoms. The summed E-state index contributed by atoms with van der Waals surface area (Å²) in [6.45, 7) is 14.4. The van der Waals surface area contributed by atoms with Crippen LogP contribution in [0.2, 0.25) is 0 Å². The van der Waals surface area contributed by atoms with Crippen molar-refractivity contribution in [2.24, 2.45) is 28.3 Å². The summed E-state index contributed by atoms with van der Waals surface area (Å²) in [6.07, 6.45) is 0.837. The Balaban J connectivity index is 3.21. The van der Waals surface area contributed by atoms with Crippen LogP contribution >= 0.6 is 0 Å². The van der Waals surface area contributed by atoms with Crippen molar-refractivity contribution in [3.63, 3.8) is 0 Å². The molecule has 386 valence electrons. The lowest BCUT2D eigenvalue weighted by molar-refractivity contribution is -0.144. The fraction of sp³-hybridized carbons (Fsp3) is 0.750. The molecule has 1 rings (SSSR count). The van der Waals surface area contributed by atoms with Gasteiger partial charge in [0.1, 0.15) is 42.3 Å². The molecule has 1 aliphatic rings. The van der Waals surface area contributed by atoms with Crippen molar-refractivity contribution in [2.45, 2.75) is 156 Å². The highest BCUT2D eigenvalue weighted by Gasteiger charge is 2.40. The molecule has 0 radical (unpaired) electrons.